The molecule has 0 fully saturated rings. The Hall–Kier alpha value is -2.37. The molecule has 0 aliphatic carbocycles. The standard InChI is InChI=1S/C19H27NO5/c1-13(2)17(15(21)11-16(22)25-19(3,4)5)20-18(23)24-12-14-9-7-6-8-10-14/h6-10,13,17H,11-12H2,1-5H3,(H,20,23)/t17-/m1/s1. The van der Waals surface area contributed by atoms with Gasteiger partial charge in [0.25, 0.3) is 0 Å². The average Bonchev–Trinajstić information content (AvgIpc) is 2.49. The number of Topliss-reactive ketones (excluding diaryl/α,β-unsaturated/α-hetero) is 1. The van der Waals surface area contributed by atoms with Crippen molar-refractivity contribution in [2.24, 2.45) is 5.92 Å². The summed E-state index contributed by atoms with van der Waals surface area (Å²) in [6.45, 7) is 8.87. The molecule has 1 amide bonds. The summed E-state index contributed by atoms with van der Waals surface area (Å²) < 4.78 is 10.3. The van der Waals surface area contributed by atoms with Crippen molar-refractivity contribution < 1.29 is 23.9 Å². The number of hydrogen-bond acceptors (Lipinski definition) is 5. The lowest BCUT2D eigenvalue weighted by molar-refractivity contribution is -0.156. The molecule has 25 heavy (non-hydrogen) atoms. The molecule has 0 aliphatic rings. The van der Waals surface area contributed by atoms with Crippen LogP contribution in [-0.2, 0) is 25.7 Å². The molecule has 0 aromatic heterocycles. The summed E-state index contributed by atoms with van der Waals surface area (Å²) in [6.07, 6.45) is -1.08. The first kappa shape index (κ1) is 20.7. The highest BCUT2D eigenvalue weighted by Crippen LogP contribution is 2.11. The van der Waals surface area contributed by atoms with Crippen LogP contribution >= 0.6 is 0 Å². The van der Waals surface area contributed by atoms with E-state index in [-0.39, 0.29) is 18.9 Å². The van der Waals surface area contributed by atoms with Crippen molar-refractivity contribution in [2.75, 3.05) is 0 Å². The van der Waals surface area contributed by atoms with Crippen LogP contribution in [0.5, 0.6) is 0 Å². The second-order valence-electron chi connectivity index (χ2n) is 7.16. The van der Waals surface area contributed by atoms with Gasteiger partial charge in [-0.25, -0.2) is 4.79 Å². The minimum Gasteiger partial charge on any atom is -0.460 e. The minimum absolute atomic E-state index is 0.109. The first-order chi connectivity index (χ1) is 11.6. The smallest absolute Gasteiger partial charge is 0.408 e. The van der Waals surface area contributed by atoms with Crippen LogP contribution in [0.25, 0.3) is 0 Å². The van der Waals surface area contributed by atoms with Crippen molar-refractivity contribution in [1.29, 1.82) is 0 Å². The highest BCUT2D eigenvalue weighted by atomic mass is 16.6. The van der Waals surface area contributed by atoms with E-state index in [1.165, 1.54) is 0 Å². The van der Waals surface area contributed by atoms with E-state index in [4.69, 9.17) is 9.47 Å². The Labute approximate surface area is 148 Å². The number of esters is 1. The maximum absolute atomic E-state index is 12.3. The number of nitrogens with one attached hydrogen (secondary N) is 1. The van der Waals surface area contributed by atoms with Crippen molar-refractivity contribution in [2.45, 2.75) is 59.3 Å². The molecule has 0 radical (unpaired) electrons. The Bertz CT molecular complexity index is 590. The molecule has 1 rings (SSSR count). The van der Waals surface area contributed by atoms with Gasteiger partial charge in [0.1, 0.15) is 18.6 Å². The van der Waals surface area contributed by atoms with Gasteiger partial charge in [0.05, 0.1) is 6.04 Å². The van der Waals surface area contributed by atoms with E-state index in [1.807, 2.05) is 30.3 Å². The number of benzene rings is 1. The number of alkyl carbamates (subject to hydrolysis) is 1. The SMILES string of the molecule is CC(C)[C@@H](NC(=O)OCc1ccccc1)C(=O)CC(=O)OC(C)(C)C. The maximum atomic E-state index is 12.3. The normalized spacial score (nSPS) is 12.4. The Morgan fingerprint density at radius 3 is 2.20 bits per heavy atom. The van der Waals surface area contributed by atoms with E-state index < -0.39 is 29.5 Å². The van der Waals surface area contributed by atoms with E-state index in [9.17, 15) is 14.4 Å². The van der Waals surface area contributed by atoms with E-state index >= 15 is 0 Å². The highest BCUT2D eigenvalue weighted by molar-refractivity contribution is 5.99. The molecule has 6 nitrogen and oxygen atoms in total. The summed E-state index contributed by atoms with van der Waals surface area (Å²) in [5, 5.41) is 2.54. The first-order valence-corrected chi connectivity index (χ1v) is 8.30. The van der Waals surface area contributed by atoms with Crippen molar-refractivity contribution in [3.63, 3.8) is 0 Å². The van der Waals surface area contributed by atoms with Crippen LogP contribution in [0.15, 0.2) is 30.3 Å². The average molecular weight is 349 g/mol. The molecule has 0 spiro atoms. The van der Waals surface area contributed by atoms with Crippen molar-refractivity contribution >= 4 is 17.8 Å². The number of rotatable bonds is 7. The predicted octanol–water partition coefficient (Wildman–Crippen LogP) is 3.24. The Kier molecular flexibility index (Phi) is 7.61. The Balaban J connectivity index is 2.56. The second kappa shape index (κ2) is 9.20. The lowest BCUT2D eigenvalue weighted by atomic mass is 9.98. The van der Waals surface area contributed by atoms with Gasteiger partial charge >= 0.3 is 12.1 Å². The van der Waals surface area contributed by atoms with E-state index in [2.05, 4.69) is 5.32 Å². The highest BCUT2D eigenvalue weighted by Gasteiger charge is 2.28. The molecule has 1 atom stereocenters. The fourth-order valence-electron chi connectivity index (χ4n) is 2.14. The summed E-state index contributed by atoms with van der Waals surface area (Å²) >= 11 is 0. The molecular weight excluding hydrogens is 322 g/mol. The van der Waals surface area contributed by atoms with Crippen LogP contribution in [0.1, 0.15) is 46.6 Å². The van der Waals surface area contributed by atoms with E-state index in [0.29, 0.717) is 0 Å². The van der Waals surface area contributed by atoms with Gasteiger partial charge in [-0.05, 0) is 32.3 Å². The summed E-state index contributed by atoms with van der Waals surface area (Å²) in [5.41, 5.74) is 0.186. The van der Waals surface area contributed by atoms with Crippen molar-refractivity contribution in [3.8, 4) is 0 Å². The van der Waals surface area contributed by atoms with Gasteiger partial charge in [0, 0.05) is 0 Å². The fourth-order valence-corrected chi connectivity index (χ4v) is 2.14. The van der Waals surface area contributed by atoms with E-state index in [0.717, 1.165) is 5.56 Å². The zero-order chi connectivity index (χ0) is 19.0. The number of carbonyl (C=O) groups is 3. The lowest BCUT2D eigenvalue weighted by Gasteiger charge is -2.23. The van der Waals surface area contributed by atoms with E-state index in [1.54, 1.807) is 34.6 Å². The van der Waals surface area contributed by atoms with Gasteiger partial charge in [-0.15, -0.1) is 0 Å². The molecule has 138 valence electrons. The van der Waals surface area contributed by atoms with Crippen LogP contribution in [-0.4, -0.2) is 29.5 Å². The lowest BCUT2D eigenvalue weighted by Crippen LogP contribution is -2.45. The molecule has 1 aromatic rings. The molecule has 0 heterocycles. The first-order valence-electron chi connectivity index (χ1n) is 8.30. The van der Waals surface area contributed by atoms with Gasteiger partial charge in [0.2, 0.25) is 0 Å². The molecule has 0 unspecified atom stereocenters. The quantitative estimate of drug-likeness (QED) is 0.604. The van der Waals surface area contributed by atoms with Crippen LogP contribution < -0.4 is 5.32 Å². The summed E-state index contributed by atoms with van der Waals surface area (Å²) in [5.74, 6) is -1.19. The number of ketones is 1. The van der Waals surface area contributed by atoms with Gasteiger partial charge in [-0.3, -0.25) is 9.59 Å². The monoisotopic (exact) mass is 349 g/mol. The second-order valence-corrected chi connectivity index (χ2v) is 7.16. The molecule has 0 saturated carbocycles. The largest absolute Gasteiger partial charge is 0.460 e. The maximum Gasteiger partial charge on any atom is 0.408 e. The third-order valence-corrected chi connectivity index (χ3v) is 3.24. The summed E-state index contributed by atoms with van der Waals surface area (Å²) in [6, 6.07) is 8.42. The summed E-state index contributed by atoms with van der Waals surface area (Å²) in [4.78, 5) is 36.1. The molecule has 0 bridgehead atoms. The summed E-state index contributed by atoms with van der Waals surface area (Å²) in [7, 11) is 0. The number of hydrogen-bond donors (Lipinski definition) is 1. The number of ether oxygens (including phenoxy) is 2. The molecule has 6 heteroatoms. The van der Waals surface area contributed by atoms with Crippen molar-refractivity contribution in [3.05, 3.63) is 35.9 Å². The predicted molar refractivity (Wildman–Crippen MR) is 93.9 cm³/mol. The van der Waals surface area contributed by atoms with Crippen LogP contribution in [0, 0.1) is 5.92 Å². The number of amides is 1. The Morgan fingerprint density at radius 2 is 1.68 bits per heavy atom. The van der Waals surface area contributed by atoms with Gasteiger partial charge in [-0.2, -0.15) is 0 Å². The molecule has 0 saturated heterocycles. The van der Waals surface area contributed by atoms with Gasteiger partial charge in [-0.1, -0.05) is 44.2 Å². The minimum atomic E-state index is -0.809. The molecule has 0 aliphatic heterocycles. The van der Waals surface area contributed by atoms with Crippen LogP contribution in [0.3, 0.4) is 0 Å². The van der Waals surface area contributed by atoms with Gasteiger partial charge in [0.15, 0.2) is 5.78 Å². The van der Waals surface area contributed by atoms with Crippen LogP contribution in [0.4, 0.5) is 4.79 Å². The topological polar surface area (TPSA) is 81.7 Å². The van der Waals surface area contributed by atoms with Crippen molar-refractivity contribution in [1.82, 2.24) is 5.32 Å². The molecule has 1 aromatic carbocycles. The van der Waals surface area contributed by atoms with Gasteiger partial charge < -0.3 is 14.8 Å². The van der Waals surface area contributed by atoms with Crippen LogP contribution in [0.2, 0.25) is 0 Å². The molecule has 1 N–H and O–H groups in total. The third-order valence-electron chi connectivity index (χ3n) is 3.24. The third kappa shape index (κ3) is 8.33. The zero-order valence-electron chi connectivity index (χ0n) is 15.5. The fraction of sp³-hybridized carbons (Fsp3) is 0.526. The number of carbonyl (C=O) groups excluding carboxylic acids is 3. The molecular formula is C19H27NO5. The Morgan fingerprint density at radius 1 is 1.08 bits per heavy atom. The zero-order valence-corrected chi connectivity index (χ0v) is 15.5.